The number of aldehydes is 1. The molecule has 3 nitrogen and oxygen atoms in total. The molecule has 2 rings (SSSR count). The van der Waals surface area contributed by atoms with Crippen LogP contribution in [-0.2, 0) is 0 Å². The minimum atomic E-state index is -4.53. The lowest BCUT2D eigenvalue weighted by atomic mass is 10.1. The van der Waals surface area contributed by atoms with Gasteiger partial charge in [-0.25, -0.2) is 4.39 Å². The van der Waals surface area contributed by atoms with E-state index in [1.54, 1.807) is 6.07 Å². The molecule has 8 heteroatoms. The summed E-state index contributed by atoms with van der Waals surface area (Å²) in [5, 5.41) is 8.81. The van der Waals surface area contributed by atoms with Gasteiger partial charge in [0, 0.05) is 22.1 Å². The normalized spacial score (nSPS) is 11.0. The van der Waals surface area contributed by atoms with Crippen molar-refractivity contribution in [2.75, 3.05) is 0 Å². The predicted molar refractivity (Wildman–Crippen MR) is 79.7 cm³/mol. The van der Waals surface area contributed by atoms with Crippen LogP contribution in [0, 0.1) is 24.1 Å². The van der Waals surface area contributed by atoms with Gasteiger partial charge in [-0.15, -0.1) is 0 Å². The van der Waals surface area contributed by atoms with E-state index in [4.69, 9.17) is 10.00 Å². The molecule has 0 heterocycles. The number of thioether (sulfide) groups is 1. The van der Waals surface area contributed by atoms with Crippen molar-refractivity contribution in [3.8, 4) is 17.6 Å². The number of carbonyl (C=O) groups is 1. The van der Waals surface area contributed by atoms with Gasteiger partial charge in [-0.1, -0.05) is 0 Å². The number of hydrogen-bond acceptors (Lipinski definition) is 4. The van der Waals surface area contributed by atoms with Gasteiger partial charge in [-0.2, -0.15) is 18.4 Å². The number of nitriles is 1. The van der Waals surface area contributed by atoms with Crippen LogP contribution in [-0.4, -0.2) is 11.8 Å². The van der Waals surface area contributed by atoms with Crippen LogP contribution in [0.4, 0.5) is 17.6 Å². The van der Waals surface area contributed by atoms with Gasteiger partial charge in [0.15, 0.2) is 6.29 Å². The van der Waals surface area contributed by atoms with Gasteiger partial charge in [0.25, 0.3) is 0 Å². The Hall–Kier alpha value is -2.53. The van der Waals surface area contributed by atoms with E-state index in [1.165, 1.54) is 19.1 Å². The third-order valence-corrected chi connectivity index (χ3v) is 3.80. The van der Waals surface area contributed by atoms with E-state index in [2.05, 4.69) is 0 Å². The van der Waals surface area contributed by atoms with Crippen LogP contribution in [0.25, 0.3) is 0 Å². The number of halogens is 4. The minimum absolute atomic E-state index is 0.00252. The third kappa shape index (κ3) is 4.26. The van der Waals surface area contributed by atoms with Crippen LogP contribution in [0.15, 0.2) is 35.2 Å². The van der Waals surface area contributed by atoms with E-state index in [1.807, 2.05) is 0 Å². The Morgan fingerprint density at radius 3 is 2.54 bits per heavy atom. The summed E-state index contributed by atoms with van der Waals surface area (Å²) in [6.45, 7) is 1.42. The molecule has 0 N–H and O–H groups in total. The Balaban J connectivity index is 2.41. The van der Waals surface area contributed by atoms with Crippen LogP contribution in [0.5, 0.6) is 11.5 Å². The maximum Gasteiger partial charge on any atom is 0.446 e. The number of ether oxygens (including phenoxy) is 1. The van der Waals surface area contributed by atoms with Gasteiger partial charge in [0.05, 0.1) is 11.6 Å². The summed E-state index contributed by atoms with van der Waals surface area (Å²) in [7, 11) is 0. The Morgan fingerprint density at radius 1 is 1.25 bits per heavy atom. The Bertz CT molecular complexity index is 828. The van der Waals surface area contributed by atoms with Gasteiger partial charge in [0.1, 0.15) is 17.3 Å². The molecular weight excluding hydrogens is 346 g/mol. The first-order valence-corrected chi connectivity index (χ1v) is 7.28. The Morgan fingerprint density at radius 2 is 1.96 bits per heavy atom. The van der Waals surface area contributed by atoms with Crippen molar-refractivity contribution >= 4 is 18.0 Å². The zero-order valence-corrected chi connectivity index (χ0v) is 13.0. The molecule has 0 atom stereocenters. The van der Waals surface area contributed by atoms with Crippen molar-refractivity contribution in [1.82, 2.24) is 0 Å². The van der Waals surface area contributed by atoms with Crippen LogP contribution in [0.3, 0.4) is 0 Å². The van der Waals surface area contributed by atoms with Crippen molar-refractivity contribution in [1.29, 1.82) is 5.26 Å². The highest BCUT2D eigenvalue weighted by Crippen LogP contribution is 2.41. The topological polar surface area (TPSA) is 50.1 Å². The fraction of sp³-hybridized carbons (Fsp3) is 0.125. The van der Waals surface area contributed by atoms with E-state index in [-0.39, 0.29) is 33.1 Å². The molecule has 0 radical (unpaired) electrons. The summed E-state index contributed by atoms with van der Waals surface area (Å²) in [6.07, 6.45) is 0.308. The van der Waals surface area contributed by atoms with Crippen molar-refractivity contribution in [3.63, 3.8) is 0 Å². The first-order valence-electron chi connectivity index (χ1n) is 6.46. The molecule has 0 unspecified atom stereocenters. The number of hydrogen-bond donors (Lipinski definition) is 0. The highest BCUT2D eigenvalue weighted by molar-refractivity contribution is 8.00. The molecule has 0 aliphatic heterocycles. The molecule has 2 aromatic rings. The van der Waals surface area contributed by atoms with E-state index >= 15 is 0 Å². The second-order valence-electron chi connectivity index (χ2n) is 4.66. The fourth-order valence-electron chi connectivity index (χ4n) is 1.97. The maximum atomic E-state index is 13.4. The molecule has 124 valence electrons. The summed E-state index contributed by atoms with van der Waals surface area (Å²) in [6, 6.07) is 7.44. The predicted octanol–water partition coefficient (Wildman–Crippen LogP) is 5.22. The molecule has 0 fully saturated rings. The lowest BCUT2D eigenvalue weighted by molar-refractivity contribution is -0.0328. The number of benzene rings is 2. The maximum absolute atomic E-state index is 13.4. The van der Waals surface area contributed by atoms with Crippen LogP contribution in [0.2, 0.25) is 0 Å². The monoisotopic (exact) mass is 355 g/mol. The van der Waals surface area contributed by atoms with E-state index in [9.17, 15) is 22.4 Å². The summed E-state index contributed by atoms with van der Waals surface area (Å²) in [5.41, 5.74) is -4.48. The van der Waals surface area contributed by atoms with Crippen LogP contribution in [0.1, 0.15) is 21.5 Å². The third-order valence-electron chi connectivity index (χ3n) is 3.00. The quantitative estimate of drug-likeness (QED) is 0.428. The van der Waals surface area contributed by atoms with Gasteiger partial charge >= 0.3 is 5.51 Å². The first kappa shape index (κ1) is 17.8. The first-order chi connectivity index (χ1) is 11.2. The second kappa shape index (κ2) is 6.93. The van der Waals surface area contributed by atoms with Gasteiger partial charge < -0.3 is 4.74 Å². The van der Waals surface area contributed by atoms with Crippen LogP contribution >= 0.6 is 11.8 Å². The average molecular weight is 355 g/mol. The average Bonchev–Trinajstić information content (AvgIpc) is 2.48. The minimum Gasteiger partial charge on any atom is -0.457 e. The molecule has 0 amide bonds. The van der Waals surface area contributed by atoms with E-state index < -0.39 is 23.1 Å². The summed E-state index contributed by atoms with van der Waals surface area (Å²) in [5.74, 6) is -0.595. The van der Waals surface area contributed by atoms with E-state index in [0.29, 0.717) is 6.29 Å². The van der Waals surface area contributed by atoms with E-state index in [0.717, 1.165) is 18.2 Å². The fourth-order valence-corrected chi connectivity index (χ4v) is 2.66. The second-order valence-corrected chi connectivity index (χ2v) is 5.76. The molecule has 2 aromatic carbocycles. The zero-order valence-electron chi connectivity index (χ0n) is 12.1. The lowest BCUT2D eigenvalue weighted by Gasteiger charge is -2.14. The van der Waals surface area contributed by atoms with Crippen LogP contribution < -0.4 is 4.74 Å². The van der Waals surface area contributed by atoms with Crippen molar-refractivity contribution in [2.24, 2.45) is 0 Å². The van der Waals surface area contributed by atoms with Gasteiger partial charge in [0.2, 0.25) is 0 Å². The highest BCUT2D eigenvalue weighted by atomic mass is 32.2. The van der Waals surface area contributed by atoms with Crippen molar-refractivity contribution < 1.29 is 27.1 Å². The number of carbonyl (C=O) groups excluding carboxylic acids is 1. The molecule has 0 aliphatic carbocycles. The number of nitrogens with zero attached hydrogens (tertiary/aromatic N) is 1. The Kier molecular flexibility index (Phi) is 5.14. The van der Waals surface area contributed by atoms with Crippen molar-refractivity contribution in [2.45, 2.75) is 17.3 Å². The standard InChI is InChI=1S/C16H9F4NO2S/c1-9-13(8-22)15(24-16(18,19)20)3-2-14(9)23-12-5-10(7-21)4-11(17)6-12/h2-6,8H,1H3. The van der Waals surface area contributed by atoms with Crippen molar-refractivity contribution in [3.05, 3.63) is 52.8 Å². The Labute approximate surface area is 138 Å². The summed E-state index contributed by atoms with van der Waals surface area (Å²) >= 11 is -0.400. The molecule has 24 heavy (non-hydrogen) atoms. The molecule has 0 aromatic heterocycles. The number of alkyl halides is 3. The molecule has 0 saturated heterocycles. The highest BCUT2D eigenvalue weighted by Gasteiger charge is 2.31. The number of rotatable bonds is 4. The SMILES string of the molecule is Cc1c(Oc2cc(F)cc(C#N)c2)ccc(SC(F)(F)F)c1C=O. The van der Waals surface area contributed by atoms with Gasteiger partial charge in [-0.3, -0.25) is 4.79 Å². The molecular formula is C16H9F4NO2S. The smallest absolute Gasteiger partial charge is 0.446 e. The molecule has 0 bridgehead atoms. The molecule has 0 aliphatic rings. The van der Waals surface area contributed by atoms with Gasteiger partial charge in [-0.05, 0) is 43.0 Å². The summed E-state index contributed by atoms with van der Waals surface area (Å²) in [4.78, 5) is 10.9. The largest absolute Gasteiger partial charge is 0.457 e. The zero-order chi connectivity index (χ0) is 17.9. The molecule has 0 saturated carbocycles. The molecule has 0 spiro atoms. The lowest BCUT2D eigenvalue weighted by Crippen LogP contribution is -2.03. The summed E-state index contributed by atoms with van der Waals surface area (Å²) < 4.78 is 56.3.